The second-order valence-corrected chi connectivity index (χ2v) is 7.20. The quantitative estimate of drug-likeness (QED) is 0.764. The Labute approximate surface area is 160 Å². The molecule has 2 aromatic rings. The third kappa shape index (κ3) is 4.55. The second kappa shape index (κ2) is 8.21. The van der Waals surface area contributed by atoms with E-state index in [9.17, 15) is 18.0 Å². The molecule has 0 aliphatic carbocycles. The number of carbonyl (C=O) groups excluding carboxylic acids is 1. The van der Waals surface area contributed by atoms with E-state index < -0.39 is 17.7 Å². The van der Waals surface area contributed by atoms with Crippen LogP contribution in [0.15, 0.2) is 47.5 Å². The number of nitrogens with zero attached hydrogens (tertiary/aromatic N) is 2. The SMILES string of the molecule is CSc1ccccc1NC(=O)C1CCCN(c2ncccc2C(F)(F)F)C1. The molecular formula is C19H20F3N3OS. The standard InChI is InChI=1S/C19H20F3N3OS/c1-27-16-9-3-2-8-15(16)24-18(26)13-6-5-11-25(12-13)17-14(19(20,21)22)7-4-10-23-17/h2-4,7-10,13H,5-6,11-12H2,1H3,(H,24,26). The van der Waals surface area contributed by atoms with Gasteiger partial charge in [0.25, 0.3) is 0 Å². The van der Waals surface area contributed by atoms with Gasteiger partial charge >= 0.3 is 6.18 Å². The van der Waals surface area contributed by atoms with Gasteiger partial charge < -0.3 is 10.2 Å². The topological polar surface area (TPSA) is 45.2 Å². The van der Waals surface area contributed by atoms with Crippen molar-refractivity contribution < 1.29 is 18.0 Å². The van der Waals surface area contributed by atoms with Crippen LogP contribution in [0.3, 0.4) is 0 Å². The number of para-hydroxylation sites is 1. The van der Waals surface area contributed by atoms with Crippen molar-refractivity contribution in [3.63, 3.8) is 0 Å². The predicted octanol–water partition coefficient (Wildman–Crippen LogP) is 4.68. The summed E-state index contributed by atoms with van der Waals surface area (Å²) in [6.45, 7) is 0.665. The number of pyridine rings is 1. The van der Waals surface area contributed by atoms with E-state index in [2.05, 4.69) is 10.3 Å². The largest absolute Gasteiger partial charge is 0.419 e. The highest BCUT2D eigenvalue weighted by Gasteiger charge is 2.37. The molecule has 27 heavy (non-hydrogen) atoms. The van der Waals surface area contributed by atoms with Gasteiger partial charge in [-0.3, -0.25) is 4.79 Å². The maximum atomic E-state index is 13.3. The van der Waals surface area contributed by atoms with Crippen molar-refractivity contribution in [2.45, 2.75) is 23.9 Å². The molecule has 1 atom stereocenters. The average Bonchev–Trinajstić information content (AvgIpc) is 2.68. The summed E-state index contributed by atoms with van der Waals surface area (Å²) in [5.74, 6) is -0.672. The third-order valence-corrected chi connectivity index (χ3v) is 5.34. The van der Waals surface area contributed by atoms with Crippen LogP contribution in [0.25, 0.3) is 0 Å². The zero-order valence-corrected chi connectivity index (χ0v) is 15.6. The van der Waals surface area contributed by atoms with Gasteiger partial charge in [0, 0.05) is 24.2 Å². The maximum Gasteiger partial charge on any atom is 0.419 e. The number of hydrogen-bond acceptors (Lipinski definition) is 4. The molecule has 1 amide bonds. The molecule has 4 nitrogen and oxygen atoms in total. The van der Waals surface area contributed by atoms with Crippen LogP contribution in [-0.2, 0) is 11.0 Å². The molecule has 0 bridgehead atoms. The Balaban J connectivity index is 1.76. The van der Waals surface area contributed by atoms with E-state index in [1.807, 2.05) is 30.5 Å². The Morgan fingerprint density at radius 2 is 2.04 bits per heavy atom. The Bertz CT molecular complexity index is 813. The molecule has 1 aromatic heterocycles. The molecule has 3 rings (SSSR count). The Morgan fingerprint density at radius 3 is 2.78 bits per heavy atom. The lowest BCUT2D eigenvalue weighted by atomic mass is 9.96. The molecule has 8 heteroatoms. The highest BCUT2D eigenvalue weighted by molar-refractivity contribution is 7.98. The van der Waals surface area contributed by atoms with Crippen molar-refractivity contribution >= 4 is 29.2 Å². The minimum atomic E-state index is -4.48. The van der Waals surface area contributed by atoms with Gasteiger partial charge in [0.05, 0.1) is 17.2 Å². The molecule has 0 spiro atoms. The van der Waals surface area contributed by atoms with Gasteiger partial charge in [-0.05, 0) is 43.4 Å². The highest BCUT2D eigenvalue weighted by atomic mass is 32.2. The number of benzene rings is 1. The summed E-state index contributed by atoms with van der Waals surface area (Å²) >= 11 is 1.53. The monoisotopic (exact) mass is 395 g/mol. The fraction of sp³-hybridized carbons (Fsp3) is 0.368. The molecule has 1 unspecified atom stereocenters. The number of thioether (sulfide) groups is 1. The predicted molar refractivity (Wildman–Crippen MR) is 101 cm³/mol. The van der Waals surface area contributed by atoms with Gasteiger partial charge in [0.1, 0.15) is 5.82 Å². The summed E-state index contributed by atoms with van der Waals surface area (Å²) in [6.07, 6.45) is 0.0697. The number of amides is 1. The first-order valence-corrected chi connectivity index (χ1v) is 9.83. The van der Waals surface area contributed by atoms with E-state index in [1.54, 1.807) is 4.90 Å². The average molecular weight is 395 g/mol. The Morgan fingerprint density at radius 1 is 1.26 bits per heavy atom. The van der Waals surface area contributed by atoms with Crippen LogP contribution in [0.4, 0.5) is 24.7 Å². The first-order chi connectivity index (χ1) is 12.9. The van der Waals surface area contributed by atoms with E-state index in [0.717, 1.165) is 16.6 Å². The fourth-order valence-corrected chi connectivity index (χ4v) is 3.79. The summed E-state index contributed by atoms with van der Waals surface area (Å²) in [5, 5.41) is 2.92. The van der Waals surface area contributed by atoms with Crippen LogP contribution < -0.4 is 10.2 Å². The maximum absolute atomic E-state index is 13.3. The Kier molecular flexibility index (Phi) is 5.94. The van der Waals surface area contributed by atoms with Crippen molar-refractivity contribution in [3.8, 4) is 0 Å². The summed E-state index contributed by atoms with van der Waals surface area (Å²) in [4.78, 5) is 19.2. The van der Waals surface area contributed by atoms with Crippen LogP contribution in [0.5, 0.6) is 0 Å². The minimum Gasteiger partial charge on any atom is -0.355 e. The van der Waals surface area contributed by atoms with Gasteiger partial charge in [-0.2, -0.15) is 13.2 Å². The van der Waals surface area contributed by atoms with Gasteiger partial charge in [-0.25, -0.2) is 4.98 Å². The molecule has 1 aliphatic rings. The van der Waals surface area contributed by atoms with Gasteiger partial charge in [0.15, 0.2) is 0 Å². The van der Waals surface area contributed by atoms with Crippen LogP contribution in [-0.4, -0.2) is 30.2 Å². The van der Waals surface area contributed by atoms with Gasteiger partial charge in [-0.1, -0.05) is 12.1 Å². The molecule has 0 radical (unpaired) electrons. The number of rotatable bonds is 4. The molecular weight excluding hydrogens is 375 g/mol. The first-order valence-electron chi connectivity index (χ1n) is 8.61. The lowest BCUT2D eigenvalue weighted by Gasteiger charge is -2.34. The van der Waals surface area contributed by atoms with Gasteiger partial charge in [0.2, 0.25) is 5.91 Å². The zero-order chi connectivity index (χ0) is 19.4. The third-order valence-electron chi connectivity index (χ3n) is 4.55. The lowest BCUT2D eigenvalue weighted by Crippen LogP contribution is -2.42. The number of alkyl halides is 3. The van der Waals surface area contributed by atoms with Crippen molar-refractivity contribution in [3.05, 3.63) is 48.2 Å². The molecule has 1 aromatic carbocycles. The number of carbonyl (C=O) groups is 1. The summed E-state index contributed by atoms with van der Waals surface area (Å²) in [5.41, 5.74) is -0.0419. The van der Waals surface area contributed by atoms with Crippen LogP contribution in [0.1, 0.15) is 18.4 Å². The number of nitrogens with one attached hydrogen (secondary N) is 1. The molecule has 2 heterocycles. The number of aromatic nitrogens is 1. The van der Waals surface area contributed by atoms with Crippen molar-refractivity contribution in [1.82, 2.24) is 4.98 Å². The van der Waals surface area contributed by atoms with Crippen LogP contribution in [0.2, 0.25) is 0 Å². The summed E-state index contributed by atoms with van der Waals surface area (Å²) in [7, 11) is 0. The number of hydrogen-bond donors (Lipinski definition) is 1. The lowest BCUT2D eigenvalue weighted by molar-refractivity contribution is -0.137. The smallest absolute Gasteiger partial charge is 0.355 e. The molecule has 1 fully saturated rings. The fourth-order valence-electron chi connectivity index (χ4n) is 3.24. The van der Waals surface area contributed by atoms with E-state index in [4.69, 9.17) is 0 Å². The molecule has 1 saturated heterocycles. The summed E-state index contributed by atoms with van der Waals surface area (Å²) in [6, 6.07) is 9.78. The number of halogens is 3. The molecule has 144 valence electrons. The number of piperidine rings is 1. The molecule has 1 N–H and O–H groups in total. The normalized spacial score (nSPS) is 17.6. The second-order valence-electron chi connectivity index (χ2n) is 6.35. The van der Waals surface area contributed by atoms with Crippen molar-refractivity contribution in [2.24, 2.45) is 5.92 Å². The molecule has 0 saturated carbocycles. The Hall–Kier alpha value is -2.22. The van der Waals surface area contributed by atoms with E-state index >= 15 is 0 Å². The van der Waals surface area contributed by atoms with Crippen LogP contribution in [0, 0.1) is 5.92 Å². The zero-order valence-electron chi connectivity index (χ0n) is 14.8. The summed E-state index contributed by atoms with van der Waals surface area (Å²) < 4.78 is 39.8. The van der Waals surface area contributed by atoms with Gasteiger partial charge in [-0.15, -0.1) is 11.8 Å². The van der Waals surface area contributed by atoms with E-state index in [0.29, 0.717) is 19.4 Å². The van der Waals surface area contributed by atoms with Crippen molar-refractivity contribution in [1.29, 1.82) is 0 Å². The van der Waals surface area contributed by atoms with Crippen molar-refractivity contribution in [2.75, 3.05) is 29.6 Å². The minimum absolute atomic E-state index is 0.105. The van der Waals surface area contributed by atoms with E-state index in [-0.39, 0.29) is 18.3 Å². The van der Waals surface area contributed by atoms with E-state index in [1.165, 1.54) is 24.0 Å². The number of anilines is 2. The highest BCUT2D eigenvalue weighted by Crippen LogP contribution is 2.36. The first kappa shape index (κ1) is 19.5. The molecule has 1 aliphatic heterocycles. The van der Waals surface area contributed by atoms with Crippen LogP contribution >= 0.6 is 11.8 Å².